The molecular weight excluding hydrogens is 410 g/mol. The van der Waals surface area contributed by atoms with Crippen molar-refractivity contribution in [1.82, 2.24) is 10.3 Å². The molecule has 0 saturated heterocycles. The smallest absolute Gasteiger partial charge is 0.271 e. The number of carbonyl (C=O) groups excluding carboxylic acids is 1. The van der Waals surface area contributed by atoms with Crippen LogP contribution in [0.15, 0.2) is 53.4 Å². The molecule has 0 fully saturated rings. The van der Waals surface area contributed by atoms with Crippen LogP contribution < -0.4 is 15.2 Å². The van der Waals surface area contributed by atoms with Gasteiger partial charge >= 0.3 is 0 Å². The van der Waals surface area contributed by atoms with Crippen LogP contribution in [0.2, 0.25) is 0 Å². The number of primary sulfonamides is 1. The topological polar surface area (TPSA) is 111 Å². The van der Waals surface area contributed by atoms with Crippen LogP contribution >= 0.6 is 11.3 Å². The molecule has 3 aromatic rings. The zero-order valence-corrected chi connectivity index (χ0v) is 17.6. The molecule has 0 aliphatic heterocycles. The van der Waals surface area contributed by atoms with Crippen molar-refractivity contribution >= 4 is 27.3 Å². The normalized spacial score (nSPS) is 11.3. The summed E-state index contributed by atoms with van der Waals surface area (Å²) < 4.78 is 27.8. The number of benzene rings is 2. The second-order valence-corrected chi connectivity index (χ2v) is 9.12. The van der Waals surface area contributed by atoms with Crippen LogP contribution in [0.1, 0.15) is 20.9 Å². The zero-order chi connectivity index (χ0) is 21.0. The molecule has 0 spiro atoms. The van der Waals surface area contributed by atoms with E-state index < -0.39 is 10.0 Å². The lowest BCUT2D eigenvalue weighted by atomic mass is 10.1. The molecule has 0 saturated carbocycles. The van der Waals surface area contributed by atoms with E-state index in [9.17, 15) is 13.2 Å². The number of carbonyl (C=O) groups is 1. The number of nitrogens with zero attached hydrogens (tertiary/aromatic N) is 1. The van der Waals surface area contributed by atoms with Gasteiger partial charge in [0.1, 0.15) is 16.5 Å². The number of thiazole rings is 1. The van der Waals surface area contributed by atoms with Crippen molar-refractivity contribution in [2.45, 2.75) is 18.2 Å². The minimum absolute atomic E-state index is 0.0634. The van der Waals surface area contributed by atoms with E-state index in [0.29, 0.717) is 18.7 Å². The molecule has 0 radical (unpaired) electrons. The Hall–Kier alpha value is -2.75. The van der Waals surface area contributed by atoms with Crippen molar-refractivity contribution in [2.24, 2.45) is 5.14 Å². The number of nitrogens with one attached hydrogen (secondary N) is 1. The number of methoxy groups -OCH3 is 1. The largest absolute Gasteiger partial charge is 0.497 e. The fourth-order valence-corrected chi connectivity index (χ4v) is 4.16. The summed E-state index contributed by atoms with van der Waals surface area (Å²) >= 11 is 1.45. The van der Waals surface area contributed by atoms with Crippen molar-refractivity contribution in [3.63, 3.8) is 0 Å². The predicted octanol–water partition coefficient (Wildman–Crippen LogP) is 2.75. The van der Waals surface area contributed by atoms with Crippen LogP contribution in [0.5, 0.6) is 5.75 Å². The minimum atomic E-state index is -3.70. The van der Waals surface area contributed by atoms with E-state index in [1.807, 2.05) is 31.2 Å². The highest BCUT2D eigenvalue weighted by molar-refractivity contribution is 7.89. The molecule has 0 atom stereocenters. The first-order valence-electron chi connectivity index (χ1n) is 8.79. The lowest BCUT2D eigenvalue weighted by Gasteiger charge is -2.05. The van der Waals surface area contributed by atoms with E-state index in [1.54, 1.807) is 19.2 Å². The molecule has 7 nitrogen and oxygen atoms in total. The number of aromatic nitrogens is 1. The average Bonchev–Trinajstić information content (AvgIpc) is 3.09. The van der Waals surface area contributed by atoms with Gasteiger partial charge in [0.05, 0.1) is 12.0 Å². The number of rotatable bonds is 7. The Morgan fingerprint density at radius 3 is 2.59 bits per heavy atom. The third kappa shape index (κ3) is 5.20. The average molecular weight is 432 g/mol. The summed E-state index contributed by atoms with van der Waals surface area (Å²) in [5.74, 6) is 0.490. The van der Waals surface area contributed by atoms with Gasteiger partial charge in [-0.15, -0.1) is 11.3 Å². The molecule has 0 bridgehead atoms. The Kier molecular flexibility index (Phi) is 6.31. The Morgan fingerprint density at radius 2 is 1.93 bits per heavy atom. The highest BCUT2D eigenvalue weighted by Crippen LogP contribution is 2.29. The van der Waals surface area contributed by atoms with Crippen molar-refractivity contribution in [3.8, 4) is 16.3 Å². The first-order valence-corrected chi connectivity index (χ1v) is 11.2. The van der Waals surface area contributed by atoms with Crippen LogP contribution in [0, 0.1) is 6.92 Å². The van der Waals surface area contributed by atoms with Crippen molar-refractivity contribution in [2.75, 3.05) is 13.7 Å². The molecule has 1 amide bonds. The van der Waals surface area contributed by atoms with Gasteiger partial charge in [0, 0.05) is 17.0 Å². The quantitative estimate of drug-likeness (QED) is 0.597. The van der Waals surface area contributed by atoms with Crippen LogP contribution in [-0.2, 0) is 16.4 Å². The number of hydrogen-bond donors (Lipinski definition) is 2. The van der Waals surface area contributed by atoms with Crippen LogP contribution in [0.4, 0.5) is 0 Å². The Morgan fingerprint density at radius 1 is 1.21 bits per heavy atom. The van der Waals surface area contributed by atoms with E-state index in [1.165, 1.54) is 23.5 Å². The van der Waals surface area contributed by atoms with Gasteiger partial charge in [0.15, 0.2) is 0 Å². The first kappa shape index (κ1) is 21.0. The predicted molar refractivity (Wildman–Crippen MR) is 113 cm³/mol. The highest BCUT2D eigenvalue weighted by Gasteiger charge is 2.16. The van der Waals surface area contributed by atoms with Gasteiger partial charge in [-0.1, -0.05) is 24.3 Å². The molecule has 0 unspecified atom stereocenters. The molecule has 1 heterocycles. The fourth-order valence-electron chi connectivity index (χ4n) is 2.74. The van der Waals surface area contributed by atoms with Gasteiger partial charge in [-0.3, -0.25) is 4.79 Å². The van der Waals surface area contributed by atoms with E-state index in [0.717, 1.165) is 26.8 Å². The van der Waals surface area contributed by atoms with Gasteiger partial charge < -0.3 is 10.1 Å². The molecule has 152 valence electrons. The summed E-state index contributed by atoms with van der Waals surface area (Å²) in [5, 5.41) is 8.70. The van der Waals surface area contributed by atoms with Crippen molar-refractivity contribution < 1.29 is 17.9 Å². The first-order chi connectivity index (χ1) is 13.8. The summed E-state index contributed by atoms with van der Waals surface area (Å²) in [7, 11) is -2.10. The molecule has 3 N–H and O–H groups in total. The minimum Gasteiger partial charge on any atom is -0.497 e. The third-order valence-corrected chi connectivity index (χ3v) is 6.23. The van der Waals surface area contributed by atoms with Gasteiger partial charge in [-0.2, -0.15) is 0 Å². The molecule has 0 aliphatic carbocycles. The molecule has 3 rings (SSSR count). The van der Waals surface area contributed by atoms with E-state index in [2.05, 4.69) is 10.3 Å². The molecule has 1 aromatic heterocycles. The highest BCUT2D eigenvalue weighted by atomic mass is 32.2. The number of nitrogens with two attached hydrogens (primary N) is 1. The standard InChI is InChI=1S/C20H21N3O4S2/c1-13-18(23-20(28-13)15-4-3-5-16(12-15)27-2)19(24)22-11-10-14-6-8-17(9-7-14)29(21,25)26/h3-9,12H,10-11H2,1-2H3,(H,22,24)(H2,21,25,26). The Labute approximate surface area is 173 Å². The Bertz CT molecular complexity index is 1120. The molecule has 29 heavy (non-hydrogen) atoms. The SMILES string of the molecule is COc1cccc(-c2nc(C(=O)NCCc3ccc(S(N)(=O)=O)cc3)c(C)s2)c1. The monoisotopic (exact) mass is 431 g/mol. The second-order valence-electron chi connectivity index (χ2n) is 6.35. The maximum Gasteiger partial charge on any atom is 0.271 e. The number of hydrogen-bond acceptors (Lipinski definition) is 6. The van der Waals surface area contributed by atoms with Crippen LogP contribution in [-0.4, -0.2) is 33.0 Å². The molecule has 9 heteroatoms. The van der Waals surface area contributed by atoms with E-state index >= 15 is 0 Å². The summed E-state index contributed by atoms with van der Waals surface area (Å²) in [5.41, 5.74) is 2.19. The third-order valence-electron chi connectivity index (χ3n) is 4.28. The molecular formula is C20H21N3O4S2. The van der Waals surface area contributed by atoms with Gasteiger partial charge in [-0.25, -0.2) is 18.5 Å². The maximum atomic E-state index is 12.5. The van der Waals surface area contributed by atoms with Gasteiger partial charge in [0.25, 0.3) is 5.91 Å². The number of amides is 1. The van der Waals surface area contributed by atoms with E-state index in [4.69, 9.17) is 9.88 Å². The maximum absolute atomic E-state index is 12.5. The summed E-state index contributed by atoms with van der Waals surface area (Å²) in [6, 6.07) is 13.8. The van der Waals surface area contributed by atoms with Crippen LogP contribution in [0.3, 0.4) is 0 Å². The van der Waals surface area contributed by atoms with Crippen LogP contribution in [0.25, 0.3) is 10.6 Å². The number of aryl methyl sites for hydroxylation is 1. The van der Waals surface area contributed by atoms with E-state index in [-0.39, 0.29) is 10.8 Å². The number of ether oxygens (including phenoxy) is 1. The van der Waals surface area contributed by atoms with Crippen molar-refractivity contribution in [1.29, 1.82) is 0 Å². The summed E-state index contributed by atoms with van der Waals surface area (Å²) in [6.07, 6.45) is 0.558. The summed E-state index contributed by atoms with van der Waals surface area (Å²) in [4.78, 5) is 17.9. The molecule has 0 aliphatic rings. The lowest BCUT2D eigenvalue weighted by Crippen LogP contribution is -2.26. The fraction of sp³-hybridized carbons (Fsp3) is 0.200. The number of sulfonamides is 1. The molecule has 2 aromatic carbocycles. The van der Waals surface area contributed by atoms with Crippen molar-refractivity contribution in [3.05, 3.63) is 64.7 Å². The zero-order valence-electron chi connectivity index (χ0n) is 16.0. The Balaban J connectivity index is 1.63. The van der Waals surface area contributed by atoms with Gasteiger partial charge in [0.2, 0.25) is 10.0 Å². The lowest BCUT2D eigenvalue weighted by molar-refractivity contribution is 0.0949. The van der Waals surface area contributed by atoms with Gasteiger partial charge in [-0.05, 0) is 43.2 Å². The second kappa shape index (κ2) is 8.73. The summed E-state index contributed by atoms with van der Waals surface area (Å²) in [6.45, 7) is 2.27.